The molecule has 3 heterocycles. The van der Waals surface area contributed by atoms with Gasteiger partial charge in [-0.3, -0.25) is 4.79 Å². The molecule has 2 fully saturated rings. The number of carboxylic acid groups (broad SMARTS) is 1. The first kappa shape index (κ1) is 25.2. The predicted molar refractivity (Wildman–Crippen MR) is 109 cm³/mol. The van der Waals surface area contributed by atoms with Gasteiger partial charge in [0.25, 0.3) is 5.91 Å². The lowest BCUT2D eigenvalue weighted by Crippen LogP contribution is -2.68. The summed E-state index contributed by atoms with van der Waals surface area (Å²) in [6.45, 7) is 1.59. The minimum Gasteiger partial charge on any atom is -0.484 e. The SMILES string of the molecule is O=C(COc1ccc(F)cc1)N1CC2(CC(Oc3ccccn3)CCO2)C1.O=C(O)C(F)(F)F. The standard InChI is InChI=1S/C20H21FN2O4.C2HF3O2/c21-15-4-6-16(7-5-15)25-12-19(24)23-13-20(14-23)11-17(8-10-26-20)27-18-3-1-2-9-22-18;3-2(4,5)1(6)7/h1-7,9,17H,8,10-14H2;(H,6,7). The van der Waals surface area contributed by atoms with Crippen LogP contribution in [0.1, 0.15) is 12.8 Å². The first-order valence-corrected chi connectivity index (χ1v) is 10.2. The summed E-state index contributed by atoms with van der Waals surface area (Å²) in [6.07, 6.45) is -1.82. The average molecular weight is 486 g/mol. The third-order valence-electron chi connectivity index (χ3n) is 5.10. The van der Waals surface area contributed by atoms with E-state index in [1.54, 1.807) is 11.1 Å². The third kappa shape index (κ3) is 7.04. The fourth-order valence-electron chi connectivity index (χ4n) is 3.48. The Bertz CT molecular complexity index is 966. The Morgan fingerprint density at radius 2 is 1.85 bits per heavy atom. The van der Waals surface area contributed by atoms with Gasteiger partial charge in [0.1, 0.15) is 23.3 Å². The van der Waals surface area contributed by atoms with E-state index in [-0.39, 0.29) is 30.0 Å². The highest BCUT2D eigenvalue weighted by molar-refractivity contribution is 5.79. The number of ether oxygens (including phenoxy) is 3. The van der Waals surface area contributed by atoms with Crippen LogP contribution in [0, 0.1) is 5.82 Å². The summed E-state index contributed by atoms with van der Waals surface area (Å²) >= 11 is 0. The van der Waals surface area contributed by atoms with Crippen molar-refractivity contribution in [3.8, 4) is 11.6 Å². The second-order valence-corrected chi connectivity index (χ2v) is 7.73. The van der Waals surface area contributed by atoms with Gasteiger partial charge >= 0.3 is 12.1 Å². The van der Waals surface area contributed by atoms with E-state index >= 15 is 0 Å². The number of nitrogens with zero attached hydrogens (tertiary/aromatic N) is 2. The summed E-state index contributed by atoms with van der Waals surface area (Å²) in [5.74, 6) is -2.12. The number of amides is 1. The summed E-state index contributed by atoms with van der Waals surface area (Å²) in [5.41, 5.74) is -0.344. The molecule has 1 spiro atoms. The number of aliphatic carboxylic acids is 1. The van der Waals surface area contributed by atoms with Gasteiger partial charge in [-0.25, -0.2) is 14.2 Å². The van der Waals surface area contributed by atoms with Crippen LogP contribution in [-0.2, 0) is 14.3 Å². The first-order valence-electron chi connectivity index (χ1n) is 10.2. The molecule has 0 aliphatic carbocycles. The Hall–Kier alpha value is -3.41. The number of aromatic nitrogens is 1. The number of hydrogen-bond donors (Lipinski definition) is 1. The molecule has 1 aromatic carbocycles. The van der Waals surface area contributed by atoms with Gasteiger partial charge in [0, 0.05) is 25.1 Å². The zero-order chi connectivity index (χ0) is 24.8. The quantitative estimate of drug-likeness (QED) is 0.649. The summed E-state index contributed by atoms with van der Waals surface area (Å²) in [7, 11) is 0. The number of carboxylic acids is 1. The fourth-order valence-corrected chi connectivity index (χ4v) is 3.48. The largest absolute Gasteiger partial charge is 0.490 e. The minimum atomic E-state index is -5.08. The van der Waals surface area contributed by atoms with Crippen molar-refractivity contribution in [2.45, 2.75) is 30.7 Å². The average Bonchev–Trinajstić information content (AvgIpc) is 2.77. The summed E-state index contributed by atoms with van der Waals surface area (Å²) in [5, 5.41) is 7.12. The Labute approximate surface area is 192 Å². The second-order valence-electron chi connectivity index (χ2n) is 7.73. The lowest BCUT2D eigenvalue weighted by atomic mass is 9.84. The Kier molecular flexibility index (Phi) is 7.92. The van der Waals surface area contributed by atoms with Gasteiger partial charge in [0.05, 0.1) is 19.7 Å². The van der Waals surface area contributed by atoms with E-state index in [4.69, 9.17) is 24.1 Å². The Morgan fingerprint density at radius 1 is 1.18 bits per heavy atom. The molecule has 2 aromatic rings. The van der Waals surface area contributed by atoms with Gasteiger partial charge in [-0.15, -0.1) is 0 Å². The lowest BCUT2D eigenvalue weighted by Gasteiger charge is -2.52. The molecule has 2 saturated heterocycles. The zero-order valence-electron chi connectivity index (χ0n) is 17.8. The smallest absolute Gasteiger partial charge is 0.484 e. The van der Waals surface area contributed by atoms with E-state index in [2.05, 4.69) is 4.98 Å². The molecule has 8 nitrogen and oxygen atoms in total. The van der Waals surface area contributed by atoms with E-state index in [0.717, 1.165) is 12.8 Å². The molecule has 12 heteroatoms. The number of halogens is 4. The number of carbonyl (C=O) groups is 2. The van der Waals surface area contributed by atoms with Gasteiger partial charge in [-0.2, -0.15) is 13.2 Å². The molecule has 0 bridgehead atoms. The number of pyridine rings is 1. The molecule has 1 unspecified atom stereocenters. The maximum Gasteiger partial charge on any atom is 0.490 e. The molecular weight excluding hydrogens is 464 g/mol. The van der Waals surface area contributed by atoms with Crippen LogP contribution >= 0.6 is 0 Å². The van der Waals surface area contributed by atoms with Crippen LogP contribution in [0.15, 0.2) is 48.7 Å². The molecule has 1 N–H and O–H groups in total. The highest BCUT2D eigenvalue weighted by atomic mass is 19.4. The number of carbonyl (C=O) groups excluding carboxylic acids is 1. The van der Waals surface area contributed by atoms with E-state index in [1.807, 2.05) is 18.2 Å². The molecule has 184 valence electrons. The van der Waals surface area contributed by atoms with E-state index in [9.17, 15) is 22.4 Å². The second kappa shape index (κ2) is 10.7. The fraction of sp³-hybridized carbons (Fsp3) is 0.409. The monoisotopic (exact) mass is 486 g/mol. The van der Waals surface area contributed by atoms with Gasteiger partial charge < -0.3 is 24.2 Å². The van der Waals surface area contributed by atoms with Crippen molar-refractivity contribution < 1.29 is 46.5 Å². The van der Waals surface area contributed by atoms with Crippen molar-refractivity contribution >= 4 is 11.9 Å². The van der Waals surface area contributed by atoms with Crippen molar-refractivity contribution in [1.82, 2.24) is 9.88 Å². The van der Waals surface area contributed by atoms with Gasteiger partial charge in [0.2, 0.25) is 5.88 Å². The maximum atomic E-state index is 12.9. The number of benzene rings is 1. The van der Waals surface area contributed by atoms with Crippen LogP contribution in [0.25, 0.3) is 0 Å². The van der Waals surface area contributed by atoms with Crippen molar-refractivity contribution in [2.75, 3.05) is 26.3 Å². The van der Waals surface area contributed by atoms with Crippen LogP contribution in [0.2, 0.25) is 0 Å². The molecule has 1 atom stereocenters. The Morgan fingerprint density at radius 3 is 2.44 bits per heavy atom. The molecular formula is C22H22F4N2O6. The van der Waals surface area contributed by atoms with Crippen LogP contribution in [0.4, 0.5) is 17.6 Å². The minimum absolute atomic E-state index is 0.0290. The van der Waals surface area contributed by atoms with Crippen LogP contribution < -0.4 is 9.47 Å². The van der Waals surface area contributed by atoms with Crippen LogP contribution in [-0.4, -0.2) is 71.1 Å². The van der Waals surface area contributed by atoms with Crippen molar-refractivity contribution in [2.24, 2.45) is 0 Å². The van der Waals surface area contributed by atoms with E-state index < -0.39 is 12.1 Å². The van der Waals surface area contributed by atoms with Crippen molar-refractivity contribution in [3.63, 3.8) is 0 Å². The van der Waals surface area contributed by atoms with Crippen molar-refractivity contribution in [3.05, 3.63) is 54.5 Å². The third-order valence-corrected chi connectivity index (χ3v) is 5.10. The molecule has 0 radical (unpaired) electrons. The highest BCUT2D eigenvalue weighted by Gasteiger charge is 2.50. The summed E-state index contributed by atoms with van der Waals surface area (Å²) in [6, 6.07) is 11.2. The number of alkyl halides is 3. The van der Waals surface area contributed by atoms with Crippen LogP contribution in [0.3, 0.4) is 0 Å². The first-order chi connectivity index (χ1) is 16.1. The molecule has 1 aromatic heterocycles. The lowest BCUT2D eigenvalue weighted by molar-refractivity contribution is -0.194. The van der Waals surface area contributed by atoms with Gasteiger partial charge in [0.15, 0.2) is 6.61 Å². The van der Waals surface area contributed by atoms with Gasteiger partial charge in [-0.1, -0.05) is 6.07 Å². The molecule has 1 amide bonds. The predicted octanol–water partition coefficient (Wildman–Crippen LogP) is 3.07. The topological polar surface area (TPSA) is 98.2 Å². The Balaban J connectivity index is 0.000000406. The normalized spacial score (nSPS) is 18.8. The summed E-state index contributed by atoms with van der Waals surface area (Å²) < 4.78 is 61.9. The van der Waals surface area contributed by atoms with E-state index in [0.29, 0.717) is 31.3 Å². The molecule has 2 aliphatic heterocycles. The van der Waals surface area contributed by atoms with Crippen LogP contribution in [0.5, 0.6) is 11.6 Å². The van der Waals surface area contributed by atoms with Gasteiger partial charge in [-0.05, 0) is 30.3 Å². The van der Waals surface area contributed by atoms with E-state index in [1.165, 1.54) is 24.3 Å². The number of rotatable bonds is 5. The number of likely N-dealkylation sites (tertiary alicyclic amines) is 1. The molecule has 34 heavy (non-hydrogen) atoms. The zero-order valence-corrected chi connectivity index (χ0v) is 17.8. The van der Waals surface area contributed by atoms with Crippen molar-refractivity contribution in [1.29, 1.82) is 0 Å². The number of hydrogen-bond acceptors (Lipinski definition) is 6. The molecule has 0 saturated carbocycles. The summed E-state index contributed by atoms with van der Waals surface area (Å²) in [4.78, 5) is 27.1. The highest BCUT2D eigenvalue weighted by Crippen LogP contribution is 2.35. The molecule has 4 rings (SSSR count). The maximum absolute atomic E-state index is 12.9. The molecule has 2 aliphatic rings.